The van der Waals surface area contributed by atoms with Gasteiger partial charge in [0.1, 0.15) is 6.29 Å². The second-order valence-electron chi connectivity index (χ2n) is 1.75. The first kappa shape index (κ1) is 17.9. The largest absolute Gasteiger partial charge is 0.453 e. The van der Waals surface area contributed by atoms with E-state index in [1.165, 1.54) is 13.5 Å². The van der Waals surface area contributed by atoms with Crippen LogP contribution in [0.3, 0.4) is 0 Å². The Hall–Kier alpha value is -1.06. The van der Waals surface area contributed by atoms with E-state index in [-0.39, 0.29) is 6.54 Å². The van der Waals surface area contributed by atoms with E-state index < -0.39 is 6.09 Å². The van der Waals surface area contributed by atoms with Gasteiger partial charge in [0.15, 0.2) is 0 Å². The predicted octanol–water partition coefficient (Wildman–Crippen LogP) is 1.98. The summed E-state index contributed by atoms with van der Waals surface area (Å²) in [5, 5.41) is 2.15. The van der Waals surface area contributed by atoms with Crippen LogP contribution in [0.25, 0.3) is 0 Å². The van der Waals surface area contributed by atoms with Gasteiger partial charge < -0.3 is 14.8 Å². The predicted molar refractivity (Wildman–Crippen MR) is 53.8 cm³/mol. The quantitative estimate of drug-likeness (QED) is 0.679. The molecular weight excluding hydrogens is 170 g/mol. The molecule has 4 nitrogen and oxygen atoms in total. The minimum atomic E-state index is -0.586. The van der Waals surface area contributed by atoms with Crippen LogP contribution in [0.2, 0.25) is 0 Å². The third kappa shape index (κ3) is 35.8. The number of carbonyl (C=O) groups is 2. The summed E-state index contributed by atoms with van der Waals surface area (Å²) in [5.74, 6) is 0. The van der Waals surface area contributed by atoms with E-state index in [0.717, 1.165) is 0 Å². The fourth-order valence-electron chi connectivity index (χ4n) is 0.197. The van der Waals surface area contributed by atoms with Gasteiger partial charge in [0.2, 0.25) is 0 Å². The summed E-state index contributed by atoms with van der Waals surface area (Å²) in [6.45, 7) is 8.26. The van der Waals surface area contributed by atoms with Gasteiger partial charge in [-0.15, -0.1) is 0 Å². The van der Waals surface area contributed by atoms with Crippen molar-refractivity contribution >= 4 is 12.4 Å². The Morgan fingerprint density at radius 1 is 1.38 bits per heavy atom. The van der Waals surface area contributed by atoms with E-state index in [1.807, 2.05) is 13.8 Å². The molecule has 0 aliphatic carbocycles. The lowest BCUT2D eigenvalue weighted by Crippen LogP contribution is -2.24. The minimum Gasteiger partial charge on any atom is -0.453 e. The van der Waals surface area contributed by atoms with E-state index in [0.29, 0.717) is 6.29 Å². The molecule has 0 aliphatic rings. The Morgan fingerprint density at radius 3 is 2.00 bits per heavy atom. The van der Waals surface area contributed by atoms with Crippen molar-refractivity contribution in [3.63, 3.8) is 0 Å². The number of carbonyl (C=O) groups excluding carboxylic acids is 2. The molecule has 80 valence electrons. The van der Waals surface area contributed by atoms with Crippen LogP contribution in [0.5, 0.6) is 0 Å². The first-order valence-corrected chi connectivity index (χ1v) is 4.48. The first-order valence-electron chi connectivity index (χ1n) is 4.48. The average Bonchev–Trinajstić information content (AvgIpc) is 2.18. The molecule has 0 unspecified atom stereocenters. The summed E-state index contributed by atoms with van der Waals surface area (Å²) < 4.78 is 4.14. The molecule has 0 aromatic carbocycles. The van der Waals surface area contributed by atoms with Gasteiger partial charge in [0.05, 0.1) is 13.7 Å². The number of amides is 1. The number of rotatable bonds is 2. The number of aldehydes is 1. The van der Waals surface area contributed by atoms with Crippen LogP contribution in [0.15, 0.2) is 0 Å². The maximum atomic E-state index is 10.1. The maximum absolute atomic E-state index is 10.1. The third-order valence-electron chi connectivity index (χ3n) is 0.515. The highest BCUT2D eigenvalue weighted by atomic mass is 16.5. The van der Waals surface area contributed by atoms with E-state index in [4.69, 9.17) is 0 Å². The lowest BCUT2D eigenvalue weighted by molar-refractivity contribution is -0.107. The molecule has 4 heteroatoms. The lowest BCUT2D eigenvalue weighted by Gasteiger charge is -1.94. The SMILES string of the molecule is CC.CCC.COC(=O)NCC=O. The van der Waals surface area contributed by atoms with Gasteiger partial charge in [0.25, 0.3) is 0 Å². The molecule has 0 saturated carbocycles. The molecule has 0 rings (SSSR count). The summed E-state index contributed by atoms with van der Waals surface area (Å²) in [6, 6.07) is 0. The van der Waals surface area contributed by atoms with Crippen molar-refractivity contribution in [3.8, 4) is 0 Å². The molecule has 0 fully saturated rings. The van der Waals surface area contributed by atoms with Crippen LogP contribution in [0.1, 0.15) is 34.1 Å². The van der Waals surface area contributed by atoms with Gasteiger partial charge in [0, 0.05) is 0 Å². The second kappa shape index (κ2) is 22.4. The lowest BCUT2D eigenvalue weighted by atomic mass is 10.6. The number of alkyl carbamates (subject to hydrolysis) is 1. The van der Waals surface area contributed by atoms with Crippen molar-refractivity contribution in [2.45, 2.75) is 34.1 Å². The smallest absolute Gasteiger partial charge is 0.407 e. The molecule has 0 spiro atoms. The Kier molecular flexibility index (Phi) is 30.9. The van der Waals surface area contributed by atoms with Crippen molar-refractivity contribution in [2.24, 2.45) is 0 Å². The fraction of sp³-hybridized carbons (Fsp3) is 0.778. The number of methoxy groups -OCH3 is 1. The standard InChI is InChI=1S/C4H7NO3.C3H8.C2H6/c1-8-4(7)5-2-3-6;1-3-2;1-2/h3H,2H2,1H3,(H,5,7);3H2,1-2H3;1-2H3. The zero-order chi connectivity index (χ0) is 11.1. The molecule has 0 radical (unpaired) electrons. The summed E-state index contributed by atoms with van der Waals surface area (Å²) >= 11 is 0. The molecule has 0 heterocycles. The van der Waals surface area contributed by atoms with Crippen LogP contribution in [0, 0.1) is 0 Å². The second-order valence-corrected chi connectivity index (χ2v) is 1.75. The van der Waals surface area contributed by atoms with Gasteiger partial charge in [-0.05, 0) is 0 Å². The molecule has 0 saturated heterocycles. The molecule has 0 aromatic heterocycles. The number of hydrogen-bond acceptors (Lipinski definition) is 3. The van der Waals surface area contributed by atoms with Crippen LogP contribution >= 0.6 is 0 Å². The fourth-order valence-corrected chi connectivity index (χ4v) is 0.197. The van der Waals surface area contributed by atoms with Crippen molar-refractivity contribution in [2.75, 3.05) is 13.7 Å². The minimum absolute atomic E-state index is 0.00662. The van der Waals surface area contributed by atoms with Gasteiger partial charge in [-0.1, -0.05) is 34.1 Å². The normalized spacial score (nSPS) is 6.54. The molecule has 0 aromatic rings. The zero-order valence-corrected chi connectivity index (χ0v) is 9.22. The summed E-state index contributed by atoms with van der Waals surface area (Å²) in [5.41, 5.74) is 0. The molecule has 1 N–H and O–H groups in total. The third-order valence-corrected chi connectivity index (χ3v) is 0.515. The van der Waals surface area contributed by atoms with E-state index >= 15 is 0 Å². The molecule has 1 amide bonds. The van der Waals surface area contributed by atoms with Crippen molar-refractivity contribution in [3.05, 3.63) is 0 Å². The van der Waals surface area contributed by atoms with Crippen LogP contribution in [-0.2, 0) is 9.53 Å². The highest BCUT2D eigenvalue weighted by molar-refractivity contribution is 5.70. The number of nitrogens with one attached hydrogen (secondary N) is 1. The maximum Gasteiger partial charge on any atom is 0.407 e. The first-order chi connectivity index (χ1) is 6.22. The van der Waals surface area contributed by atoms with Gasteiger partial charge in [-0.2, -0.15) is 0 Å². The van der Waals surface area contributed by atoms with Crippen LogP contribution < -0.4 is 5.32 Å². The summed E-state index contributed by atoms with van der Waals surface area (Å²) in [6.07, 6.45) is 1.24. The van der Waals surface area contributed by atoms with Gasteiger partial charge in [-0.3, -0.25) is 0 Å². The zero-order valence-electron chi connectivity index (χ0n) is 9.22. The topological polar surface area (TPSA) is 55.4 Å². The molecule has 13 heavy (non-hydrogen) atoms. The van der Waals surface area contributed by atoms with Crippen molar-refractivity contribution < 1.29 is 14.3 Å². The Balaban J connectivity index is -0.000000169. The molecule has 0 aliphatic heterocycles. The van der Waals surface area contributed by atoms with Crippen LogP contribution in [-0.4, -0.2) is 26.0 Å². The number of ether oxygens (including phenoxy) is 1. The monoisotopic (exact) mass is 191 g/mol. The van der Waals surface area contributed by atoms with Crippen LogP contribution in [0.4, 0.5) is 4.79 Å². The Morgan fingerprint density at radius 2 is 1.77 bits per heavy atom. The highest BCUT2D eigenvalue weighted by Gasteiger charge is 1.92. The highest BCUT2D eigenvalue weighted by Crippen LogP contribution is 1.65. The molecule has 0 atom stereocenters. The Labute approximate surface area is 80.7 Å². The average molecular weight is 191 g/mol. The van der Waals surface area contributed by atoms with E-state index in [2.05, 4.69) is 23.9 Å². The van der Waals surface area contributed by atoms with Gasteiger partial charge in [-0.25, -0.2) is 4.79 Å². The summed E-state index contributed by atoms with van der Waals surface area (Å²) in [7, 11) is 1.24. The van der Waals surface area contributed by atoms with Gasteiger partial charge >= 0.3 is 6.09 Å². The number of hydrogen-bond donors (Lipinski definition) is 1. The molecular formula is C9H21NO3. The van der Waals surface area contributed by atoms with E-state index in [9.17, 15) is 9.59 Å². The van der Waals surface area contributed by atoms with Crippen molar-refractivity contribution in [1.82, 2.24) is 5.32 Å². The summed E-state index contributed by atoms with van der Waals surface area (Å²) in [4.78, 5) is 19.6. The molecule has 0 bridgehead atoms. The van der Waals surface area contributed by atoms with E-state index in [1.54, 1.807) is 0 Å². The van der Waals surface area contributed by atoms with Crippen molar-refractivity contribution in [1.29, 1.82) is 0 Å². The Bertz CT molecular complexity index is 105.